The summed E-state index contributed by atoms with van der Waals surface area (Å²) in [5, 5.41) is 4.62. The van der Waals surface area contributed by atoms with E-state index in [0.29, 0.717) is 0 Å². The minimum absolute atomic E-state index is 0.785. The van der Waals surface area contributed by atoms with Crippen LogP contribution in [0.1, 0.15) is 31.2 Å². The minimum Gasteiger partial charge on any atom is -0.397 e. The zero-order valence-electron chi connectivity index (χ0n) is 11.6. The molecule has 1 fully saturated rings. The molecule has 3 N–H and O–H groups in total. The van der Waals surface area contributed by atoms with E-state index < -0.39 is 0 Å². The van der Waals surface area contributed by atoms with Crippen molar-refractivity contribution < 1.29 is 0 Å². The SMILES string of the molecule is Cc1nc2cc(NCC3CCCC3C)c(N)cc2s1. The van der Waals surface area contributed by atoms with Crippen molar-refractivity contribution in [3.63, 3.8) is 0 Å². The van der Waals surface area contributed by atoms with Gasteiger partial charge in [-0.2, -0.15) is 0 Å². The molecule has 2 atom stereocenters. The molecule has 0 aliphatic heterocycles. The molecular formula is C15H21N3S. The largest absolute Gasteiger partial charge is 0.397 e. The molecule has 2 unspecified atom stereocenters. The lowest BCUT2D eigenvalue weighted by molar-refractivity contribution is 0.440. The van der Waals surface area contributed by atoms with Crippen LogP contribution < -0.4 is 11.1 Å². The fourth-order valence-corrected chi connectivity index (χ4v) is 3.88. The van der Waals surface area contributed by atoms with E-state index in [2.05, 4.69) is 23.3 Å². The molecule has 0 spiro atoms. The molecule has 1 aromatic heterocycles. The van der Waals surface area contributed by atoms with E-state index in [1.54, 1.807) is 11.3 Å². The second-order valence-corrected chi connectivity index (χ2v) is 6.92. The van der Waals surface area contributed by atoms with Gasteiger partial charge in [0, 0.05) is 6.54 Å². The standard InChI is InChI=1S/C15H21N3S/c1-9-4-3-5-11(9)8-17-13-7-14-15(6-12(13)16)19-10(2)18-14/h6-7,9,11,17H,3-5,8,16H2,1-2H3. The summed E-state index contributed by atoms with van der Waals surface area (Å²) in [6, 6.07) is 4.13. The van der Waals surface area contributed by atoms with Crippen LogP contribution in [0.25, 0.3) is 10.2 Å². The molecule has 1 aliphatic rings. The Kier molecular flexibility index (Phi) is 3.35. The highest BCUT2D eigenvalue weighted by Gasteiger charge is 2.23. The maximum atomic E-state index is 6.13. The van der Waals surface area contributed by atoms with Gasteiger partial charge in [0.2, 0.25) is 0 Å². The molecule has 1 aliphatic carbocycles. The zero-order valence-corrected chi connectivity index (χ0v) is 12.4. The summed E-state index contributed by atoms with van der Waals surface area (Å²) < 4.78 is 1.18. The van der Waals surface area contributed by atoms with Gasteiger partial charge in [-0.3, -0.25) is 0 Å². The number of nitrogens with zero attached hydrogens (tertiary/aromatic N) is 1. The van der Waals surface area contributed by atoms with E-state index in [-0.39, 0.29) is 0 Å². The first-order valence-corrected chi connectivity index (χ1v) is 7.85. The molecule has 2 aromatic rings. The summed E-state index contributed by atoms with van der Waals surface area (Å²) in [6.07, 6.45) is 4.07. The van der Waals surface area contributed by atoms with E-state index >= 15 is 0 Å². The van der Waals surface area contributed by atoms with E-state index in [9.17, 15) is 0 Å². The van der Waals surface area contributed by atoms with Gasteiger partial charge in [-0.05, 0) is 37.3 Å². The molecule has 0 amide bonds. The van der Waals surface area contributed by atoms with Gasteiger partial charge in [-0.25, -0.2) is 4.98 Å². The molecule has 102 valence electrons. The Morgan fingerprint density at radius 2 is 2.26 bits per heavy atom. The Bertz CT molecular complexity index is 590. The first-order valence-electron chi connectivity index (χ1n) is 7.04. The van der Waals surface area contributed by atoms with Crippen LogP contribution in [0, 0.1) is 18.8 Å². The highest BCUT2D eigenvalue weighted by atomic mass is 32.1. The number of nitrogens with two attached hydrogens (primary N) is 1. The van der Waals surface area contributed by atoms with E-state index in [0.717, 1.165) is 40.3 Å². The van der Waals surface area contributed by atoms with Crippen LogP contribution in [-0.2, 0) is 0 Å². The zero-order chi connectivity index (χ0) is 13.4. The fourth-order valence-electron chi connectivity index (χ4n) is 3.02. The van der Waals surface area contributed by atoms with Gasteiger partial charge in [0.1, 0.15) is 0 Å². The number of nitrogen functional groups attached to an aromatic ring is 1. The van der Waals surface area contributed by atoms with Crippen molar-refractivity contribution in [1.29, 1.82) is 0 Å². The molecule has 19 heavy (non-hydrogen) atoms. The van der Waals surface area contributed by atoms with Crippen molar-refractivity contribution in [2.24, 2.45) is 11.8 Å². The number of anilines is 2. The van der Waals surface area contributed by atoms with Crippen molar-refractivity contribution in [2.75, 3.05) is 17.6 Å². The predicted octanol–water partition coefficient (Wildman–Crippen LogP) is 4.04. The number of benzene rings is 1. The highest BCUT2D eigenvalue weighted by molar-refractivity contribution is 7.18. The molecule has 3 rings (SSSR count). The maximum absolute atomic E-state index is 6.13. The Morgan fingerprint density at radius 3 is 3.00 bits per heavy atom. The number of aromatic nitrogens is 1. The van der Waals surface area contributed by atoms with E-state index in [4.69, 9.17) is 5.73 Å². The van der Waals surface area contributed by atoms with Crippen LogP contribution in [0.15, 0.2) is 12.1 Å². The van der Waals surface area contributed by atoms with E-state index in [1.165, 1.54) is 24.0 Å². The summed E-state index contributed by atoms with van der Waals surface area (Å²) in [4.78, 5) is 4.53. The van der Waals surface area contributed by atoms with Gasteiger partial charge in [0.25, 0.3) is 0 Å². The number of nitrogens with one attached hydrogen (secondary N) is 1. The van der Waals surface area contributed by atoms with Crippen molar-refractivity contribution in [3.8, 4) is 0 Å². The molecule has 0 saturated heterocycles. The van der Waals surface area contributed by atoms with E-state index in [1.807, 2.05) is 13.0 Å². The average molecular weight is 275 g/mol. The minimum atomic E-state index is 0.785. The number of rotatable bonds is 3. The molecule has 4 heteroatoms. The average Bonchev–Trinajstić information content (AvgIpc) is 2.91. The van der Waals surface area contributed by atoms with Crippen LogP contribution in [-0.4, -0.2) is 11.5 Å². The summed E-state index contributed by atoms with van der Waals surface area (Å²) in [5.41, 5.74) is 9.06. The lowest BCUT2D eigenvalue weighted by Crippen LogP contribution is -2.17. The number of hydrogen-bond acceptors (Lipinski definition) is 4. The van der Waals surface area contributed by atoms with Crippen LogP contribution in [0.2, 0.25) is 0 Å². The van der Waals surface area contributed by atoms with Crippen LogP contribution >= 0.6 is 11.3 Å². The third-order valence-corrected chi connectivity index (χ3v) is 5.19. The summed E-state index contributed by atoms with van der Waals surface area (Å²) >= 11 is 1.70. The molecule has 0 radical (unpaired) electrons. The number of hydrogen-bond donors (Lipinski definition) is 2. The Labute approximate surface area is 118 Å². The van der Waals surface area contributed by atoms with Crippen molar-refractivity contribution >= 4 is 32.9 Å². The monoisotopic (exact) mass is 275 g/mol. The van der Waals surface area contributed by atoms with Gasteiger partial charge in [0.05, 0.1) is 26.6 Å². The smallest absolute Gasteiger partial charge is 0.0907 e. The summed E-state index contributed by atoms with van der Waals surface area (Å²) in [5.74, 6) is 1.62. The van der Waals surface area contributed by atoms with Crippen molar-refractivity contribution in [2.45, 2.75) is 33.1 Å². The van der Waals surface area contributed by atoms with Crippen molar-refractivity contribution in [3.05, 3.63) is 17.1 Å². The van der Waals surface area contributed by atoms with Crippen LogP contribution in [0.5, 0.6) is 0 Å². The van der Waals surface area contributed by atoms with Crippen LogP contribution in [0.3, 0.4) is 0 Å². The van der Waals surface area contributed by atoms with Gasteiger partial charge in [-0.15, -0.1) is 11.3 Å². The molecule has 3 nitrogen and oxygen atoms in total. The maximum Gasteiger partial charge on any atom is 0.0907 e. The quantitative estimate of drug-likeness (QED) is 0.831. The highest BCUT2D eigenvalue weighted by Crippen LogP contribution is 2.33. The number of aryl methyl sites for hydroxylation is 1. The van der Waals surface area contributed by atoms with Gasteiger partial charge >= 0.3 is 0 Å². The third-order valence-electron chi connectivity index (χ3n) is 4.26. The summed E-state index contributed by atoms with van der Waals surface area (Å²) in [6.45, 7) is 5.42. The molecule has 0 bridgehead atoms. The molecule has 1 aromatic carbocycles. The van der Waals surface area contributed by atoms with Crippen molar-refractivity contribution in [1.82, 2.24) is 4.98 Å². The number of fused-ring (bicyclic) bond motifs is 1. The Morgan fingerprint density at radius 1 is 1.42 bits per heavy atom. The summed E-state index contributed by atoms with van der Waals surface area (Å²) in [7, 11) is 0. The second kappa shape index (κ2) is 5.00. The van der Waals surface area contributed by atoms with Crippen LogP contribution in [0.4, 0.5) is 11.4 Å². The Hall–Kier alpha value is -1.29. The molecule has 1 saturated carbocycles. The lowest BCUT2D eigenvalue weighted by atomic mass is 9.98. The normalized spacial score (nSPS) is 23.1. The number of thiazole rings is 1. The Balaban J connectivity index is 1.78. The second-order valence-electron chi connectivity index (χ2n) is 5.69. The van der Waals surface area contributed by atoms with Gasteiger partial charge < -0.3 is 11.1 Å². The first-order chi connectivity index (χ1) is 9.13. The van der Waals surface area contributed by atoms with Gasteiger partial charge in [0.15, 0.2) is 0 Å². The predicted molar refractivity (Wildman–Crippen MR) is 83.8 cm³/mol. The first kappa shape index (κ1) is 12.7. The van der Waals surface area contributed by atoms with Gasteiger partial charge in [-0.1, -0.05) is 19.8 Å². The molecular weight excluding hydrogens is 254 g/mol. The molecule has 1 heterocycles. The fraction of sp³-hybridized carbons (Fsp3) is 0.533. The third kappa shape index (κ3) is 2.54. The topological polar surface area (TPSA) is 50.9 Å². The lowest BCUT2D eigenvalue weighted by Gasteiger charge is -2.17.